The van der Waals surface area contributed by atoms with Gasteiger partial charge < -0.3 is 14.9 Å². The van der Waals surface area contributed by atoms with Crippen molar-refractivity contribution < 1.29 is 14.4 Å². The van der Waals surface area contributed by atoms with E-state index in [9.17, 15) is 9.90 Å². The minimum atomic E-state index is -0.390. The van der Waals surface area contributed by atoms with E-state index < -0.39 is 0 Å². The molecule has 0 bridgehead atoms. The molecule has 0 unspecified atom stereocenters. The Hall–Kier alpha value is -2.37. The van der Waals surface area contributed by atoms with Crippen molar-refractivity contribution in [2.75, 3.05) is 0 Å². The predicted octanol–water partition coefficient (Wildman–Crippen LogP) is 1.01. The lowest BCUT2D eigenvalue weighted by Crippen LogP contribution is -2.23. The smallest absolute Gasteiger partial charge is 0.255 e. The van der Waals surface area contributed by atoms with Gasteiger partial charge in [0.15, 0.2) is 5.82 Å². The van der Waals surface area contributed by atoms with Gasteiger partial charge in [0.25, 0.3) is 5.91 Å². The van der Waals surface area contributed by atoms with E-state index in [-0.39, 0.29) is 23.8 Å². The van der Waals surface area contributed by atoms with Crippen LogP contribution < -0.4 is 5.32 Å². The molecule has 2 N–H and O–H groups in total. The Labute approximate surface area is 97.3 Å². The molecule has 0 saturated heterocycles. The third-order valence-corrected chi connectivity index (χ3v) is 2.12. The summed E-state index contributed by atoms with van der Waals surface area (Å²) in [6.45, 7) is 1.83. The number of para-hydroxylation sites is 1. The number of phenolic OH excluding ortho intramolecular Hbond substituents is 1. The highest BCUT2D eigenvalue weighted by molar-refractivity contribution is 5.96. The number of aromatic hydroxyl groups is 1. The number of nitrogens with zero attached hydrogens (tertiary/aromatic N) is 2. The standard InChI is InChI=1S/C11H11N3O3/c1-7-13-10(17-14-7)6-12-11(16)8-4-2-3-5-9(8)15/h2-5,15H,6H2,1H3,(H,12,16). The van der Waals surface area contributed by atoms with Gasteiger partial charge in [-0.15, -0.1) is 0 Å². The summed E-state index contributed by atoms with van der Waals surface area (Å²) >= 11 is 0. The second-order valence-electron chi connectivity index (χ2n) is 3.44. The zero-order valence-corrected chi connectivity index (χ0v) is 9.17. The summed E-state index contributed by atoms with van der Waals surface area (Å²) in [6, 6.07) is 6.30. The summed E-state index contributed by atoms with van der Waals surface area (Å²) in [6.07, 6.45) is 0. The normalized spacial score (nSPS) is 10.2. The largest absolute Gasteiger partial charge is 0.507 e. The number of hydrogen-bond donors (Lipinski definition) is 2. The minimum absolute atomic E-state index is 0.0632. The number of aryl methyl sites for hydroxylation is 1. The van der Waals surface area contributed by atoms with Gasteiger partial charge in [0, 0.05) is 0 Å². The fourth-order valence-electron chi connectivity index (χ4n) is 1.33. The number of nitrogens with one attached hydrogen (secondary N) is 1. The fraction of sp³-hybridized carbons (Fsp3) is 0.182. The van der Waals surface area contributed by atoms with Gasteiger partial charge in [-0.05, 0) is 19.1 Å². The van der Waals surface area contributed by atoms with Crippen LogP contribution in [-0.2, 0) is 6.54 Å². The number of aromatic nitrogens is 2. The first-order valence-corrected chi connectivity index (χ1v) is 5.02. The first-order chi connectivity index (χ1) is 8.16. The van der Waals surface area contributed by atoms with E-state index in [0.29, 0.717) is 11.7 Å². The van der Waals surface area contributed by atoms with Gasteiger partial charge in [-0.3, -0.25) is 4.79 Å². The minimum Gasteiger partial charge on any atom is -0.507 e. The molecule has 0 fully saturated rings. The third kappa shape index (κ3) is 2.60. The number of phenols is 1. The van der Waals surface area contributed by atoms with Crippen LogP contribution in [0.1, 0.15) is 22.1 Å². The summed E-state index contributed by atoms with van der Waals surface area (Å²) in [5, 5.41) is 15.6. The molecule has 0 saturated carbocycles. The lowest BCUT2D eigenvalue weighted by atomic mass is 10.2. The van der Waals surface area contributed by atoms with Crippen molar-refractivity contribution in [3.05, 3.63) is 41.5 Å². The van der Waals surface area contributed by atoms with Crippen molar-refractivity contribution in [2.24, 2.45) is 0 Å². The maximum absolute atomic E-state index is 11.7. The first-order valence-electron chi connectivity index (χ1n) is 5.02. The highest BCUT2D eigenvalue weighted by atomic mass is 16.5. The lowest BCUT2D eigenvalue weighted by molar-refractivity contribution is 0.0943. The number of benzene rings is 1. The fourth-order valence-corrected chi connectivity index (χ4v) is 1.33. The molecular weight excluding hydrogens is 222 g/mol. The average Bonchev–Trinajstić information content (AvgIpc) is 2.73. The molecule has 1 amide bonds. The monoisotopic (exact) mass is 233 g/mol. The van der Waals surface area contributed by atoms with Crippen molar-refractivity contribution in [1.29, 1.82) is 0 Å². The molecule has 1 aromatic heterocycles. The molecular formula is C11H11N3O3. The summed E-state index contributed by atoms with van der Waals surface area (Å²) in [4.78, 5) is 15.6. The number of carbonyl (C=O) groups excluding carboxylic acids is 1. The van der Waals surface area contributed by atoms with E-state index in [2.05, 4.69) is 15.5 Å². The van der Waals surface area contributed by atoms with Crippen molar-refractivity contribution in [3.8, 4) is 5.75 Å². The maximum Gasteiger partial charge on any atom is 0.255 e. The lowest BCUT2D eigenvalue weighted by Gasteiger charge is -2.03. The van der Waals surface area contributed by atoms with Crippen LogP contribution in [0.15, 0.2) is 28.8 Å². The number of carbonyl (C=O) groups is 1. The Balaban J connectivity index is 2.01. The predicted molar refractivity (Wildman–Crippen MR) is 58.3 cm³/mol. The molecule has 0 spiro atoms. The van der Waals surface area contributed by atoms with Crippen LogP contribution in [0.3, 0.4) is 0 Å². The van der Waals surface area contributed by atoms with Gasteiger partial charge in [0.05, 0.1) is 12.1 Å². The second kappa shape index (κ2) is 4.65. The molecule has 2 rings (SSSR count). The van der Waals surface area contributed by atoms with Gasteiger partial charge in [0.1, 0.15) is 5.75 Å². The van der Waals surface area contributed by atoms with Crippen LogP contribution in [0.2, 0.25) is 0 Å². The highest BCUT2D eigenvalue weighted by Crippen LogP contribution is 2.15. The van der Waals surface area contributed by atoms with E-state index in [0.717, 1.165) is 0 Å². The molecule has 1 heterocycles. The van der Waals surface area contributed by atoms with Crippen molar-refractivity contribution in [2.45, 2.75) is 13.5 Å². The van der Waals surface area contributed by atoms with Crippen LogP contribution >= 0.6 is 0 Å². The summed E-state index contributed by atoms with van der Waals surface area (Å²) < 4.78 is 4.84. The van der Waals surface area contributed by atoms with Gasteiger partial charge in [-0.2, -0.15) is 4.98 Å². The molecule has 6 heteroatoms. The summed E-state index contributed by atoms with van der Waals surface area (Å²) in [7, 11) is 0. The Morgan fingerprint density at radius 1 is 1.47 bits per heavy atom. The molecule has 6 nitrogen and oxygen atoms in total. The van der Waals surface area contributed by atoms with Gasteiger partial charge in [-0.1, -0.05) is 17.3 Å². The molecule has 17 heavy (non-hydrogen) atoms. The summed E-state index contributed by atoms with van der Waals surface area (Å²) in [5.74, 6) is 0.383. The Bertz CT molecular complexity index is 536. The van der Waals surface area contributed by atoms with E-state index >= 15 is 0 Å². The topological polar surface area (TPSA) is 88.2 Å². The Kier molecular flexibility index (Phi) is 3.04. The average molecular weight is 233 g/mol. The van der Waals surface area contributed by atoms with Crippen LogP contribution in [-0.4, -0.2) is 21.2 Å². The molecule has 88 valence electrons. The van der Waals surface area contributed by atoms with Gasteiger partial charge in [0.2, 0.25) is 5.89 Å². The number of amides is 1. The zero-order valence-electron chi connectivity index (χ0n) is 9.17. The third-order valence-electron chi connectivity index (χ3n) is 2.12. The zero-order chi connectivity index (χ0) is 12.3. The first kappa shape index (κ1) is 11.1. The number of hydrogen-bond acceptors (Lipinski definition) is 5. The molecule has 1 aromatic carbocycles. The Morgan fingerprint density at radius 2 is 2.24 bits per heavy atom. The van der Waals surface area contributed by atoms with E-state index in [4.69, 9.17) is 4.52 Å². The van der Waals surface area contributed by atoms with Crippen molar-refractivity contribution in [1.82, 2.24) is 15.5 Å². The van der Waals surface area contributed by atoms with Gasteiger partial charge >= 0.3 is 0 Å². The molecule has 2 aromatic rings. The highest BCUT2D eigenvalue weighted by Gasteiger charge is 2.11. The number of rotatable bonds is 3. The van der Waals surface area contributed by atoms with Crippen molar-refractivity contribution in [3.63, 3.8) is 0 Å². The quantitative estimate of drug-likeness (QED) is 0.826. The molecule has 0 aliphatic carbocycles. The molecule has 0 aliphatic heterocycles. The Morgan fingerprint density at radius 3 is 2.88 bits per heavy atom. The van der Waals surface area contributed by atoms with E-state index in [1.54, 1.807) is 19.1 Å². The van der Waals surface area contributed by atoms with Crippen LogP contribution in [0.5, 0.6) is 5.75 Å². The molecule has 0 radical (unpaired) electrons. The van der Waals surface area contributed by atoms with Crippen LogP contribution in [0, 0.1) is 6.92 Å². The van der Waals surface area contributed by atoms with E-state index in [1.165, 1.54) is 12.1 Å². The molecule has 0 aliphatic rings. The summed E-state index contributed by atoms with van der Waals surface area (Å²) in [5.41, 5.74) is 0.212. The van der Waals surface area contributed by atoms with Crippen LogP contribution in [0.25, 0.3) is 0 Å². The van der Waals surface area contributed by atoms with Gasteiger partial charge in [-0.25, -0.2) is 0 Å². The molecule has 0 atom stereocenters. The van der Waals surface area contributed by atoms with Crippen molar-refractivity contribution >= 4 is 5.91 Å². The second-order valence-corrected chi connectivity index (χ2v) is 3.44. The van der Waals surface area contributed by atoms with E-state index in [1.807, 2.05) is 0 Å². The van der Waals surface area contributed by atoms with Crippen LogP contribution in [0.4, 0.5) is 0 Å². The SMILES string of the molecule is Cc1noc(CNC(=O)c2ccccc2O)n1. The maximum atomic E-state index is 11.7.